The number of rotatable bonds is 2. The first-order valence-electron chi connectivity index (χ1n) is 9.47. The molecular formula is C21H24BrNO. The molecule has 4 bridgehead atoms. The lowest BCUT2D eigenvalue weighted by molar-refractivity contribution is -0.119. The number of hydrogen-bond acceptors (Lipinski definition) is 1. The average molecular weight is 386 g/mol. The van der Waals surface area contributed by atoms with Gasteiger partial charge in [0.05, 0.1) is 0 Å². The SMILES string of the molecule is O=C(NC1C2CC3CC(C2)CC1C3)C1=CCCc2ccc(Br)cc21. The van der Waals surface area contributed by atoms with Crippen LogP contribution in [0.15, 0.2) is 28.7 Å². The second-order valence-corrected chi connectivity index (χ2v) is 9.30. The Morgan fingerprint density at radius 3 is 2.46 bits per heavy atom. The van der Waals surface area contributed by atoms with Crippen molar-refractivity contribution < 1.29 is 4.79 Å². The third-order valence-electron chi connectivity index (χ3n) is 6.89. The van der Waals surface area contributed by atoms with Gasteiger partial charge in [-0.15, -0.1) is 0 Å². The first-order chi connectivity index (χ1) is 11.7. The van der Waals surface area contributed by atoms with E-state index in [1.54, 1.807) is 0 Å². The Kier molecular flexibility index (Phi) is 3.62. The Bertz CT molecular complexity index is 695. The molecule has 0 atom stereocenters. The largest absolute Gasteiger partial charge is 0.349 e. The highest BCUT2D eigenvalue weighted by Gasteiger charge is 2.48. The summed E-state index contributed by atoms with van der Waals surface area (Å²) in [5.41, 5.74) is 3.32. The van der Waals surface area contributed by atoms with Gasteiger partial charge in [-0.05, 0) is 91.9 Å². The van der Waals surface area contributed by atoms with E-state index in [1.807, 2.05) is 0 Å². The molecule has 1 aromatic rings. The maximum absolute atomic E-state index is 13.1. The molecule has 4 saturated carbocycles. The fraction of sp³-hybridized carbons (Fsp3) is 0.571. The Morgan fingerprint density at radius 2 is 1.75 bits per heavy atom. The average Bonchev–Trinajstić information content (AvgIpc) is 2.56. The number of carbonyl (C=O) groups is 1. The highest BCUT2D eigenvalue weighted by molar-refractivity contribution is 9.10. The molecule has 1 amide bonds. The number of fused-ring (bicyclic) bond motifs is 1. The molecule has 5 aliphatic carbocycles. The minimum Gasteiger partial charge on any atom is -0.349 e. The van der Waals surface area contributed by atoms with Crippen molar-refractivity contribution in [2.45, 2.75) is 51.0 Å². The number of aryl methyl sites for hydroxylation is 1. The molecule has 5 aliphatic rings. The summed E-state index contributed by atoms with van der Waals surface area (Å²) in [6.07, 6.45) is 11.0. The van der Waals surface area contributed by atoms with Crippen molar-refractivity contribution >= 4 is 27.4 Å². The lowest BCUT2D eigenvalue weighted by atomic mass is 9.54. The van der Waals surface area contributed by atoms with Crippen LogP contribution in [0.5, 0.6) is 0 Å². The first-order valence-corrected chi connectivity index (χ1v) is 10.3. The number of benzene rings is 1. The van der Waals surface area contributed by atoms with Crippen molar-refractivity contribution in [2.24, 2.45) is 23.7 Å². The molecular weight excluding hydrogens is 362 g/mol. The van der Waals surface area contributed by atoms with Crippen LogP contribution in [-0.2, 0) is 11.2 Å². The molecule has 0 spiro atoms. The Labute approximate surface area is 152 Å². The van der Waals surface area contributed by atoms with Gasteiger partial charge in [0.1, 0.15) is 0 Å². The van der Waals surface area contributed by atoms with E-state index in [-0.39, 0.29) is 5.91 Å². The summed E-state index contributed by atoms with van der Waals surface area (Å²) < 4.78 is 1.05. The Balaban J connectivity index is 1.38. The van der Waals surface area contributed by atoms with E-state index in [4.69, 9.17) is 0 Å². The van der Waals surface area contributed by atoms with Crippen LogP contribution in [0.2, 0.25) is 0 Å². The van der Waals surface area contributed by atoms with E-state index in [0.717, 1.165) is 52.1 Å². The summed E-state index contributed by atoms with van der Waals surface area (Å²) in [6.45, 7) is 0. The van der Waals surface area contributed by atoms with Crippen molar-refractivity contribution in [3.05, 3.63) is 39.9 Å². The summed E-state index contributed by atoms with van der Waals surface area (Å²) >= 11 is 3.56. The molecule has 0 aliphatic heterocycles. The second-order valence-electron chi connectivity index (χ2n) is 8.39. The van der Waals surface area contributed by atoms with Crippen LogP contribution in [-0.4, -0.2) is 11.9 Å². The molecule has 6 rings (SSSR count). The van der Waals surface area contributed by atoms with Gasteiger partial charge in [-0.2, -0.15) is 0 Å². The fourth-order valence-electron chi connectivity index (χ4n) is 6.10. The summed E-state index contributed by atoms with van der Waals surface area (Å²) in [5, 5.41) is 3.47. The Hall–Kier alpha value is -1.09. The molecule has 126 valence electrons. The van der Waals surface area contributed by atoms with E-state index in [0.29, 0.717) is 6.04 Å². The van der Waals surface area contributed by atoms with Crippen LogP contribution in [0.1, 0.15) is 49.7 Å². The predicted molar refractivity (Wildman–Crippen MR) is 99.4 cm³/mol. The van der Waals surface area contributed by atoms with Crippen molar-refractivity contribution in [1.29, 1.82) is 0 Å². The molecule has 0 radical (unpaired) electrons. The molecule has 0 unspecified atom stereocenters. The molecule has 4 fully saturated rings. The van der Waals surface area contributed by atoms with Crippen LogP contribution in [0.4, 0.5) is 0 Å². The zero-order valence-electron chi connectivity index (χ0n) is 13.9. The molecule has 0 saturated heterocycles. The van der Waals surface area contributed by atoms with Gasteiger partial charge in [0.2, 0.25) is 0 Å². The summed E-state index contributed by atoms with van der Waals surface area (Å²) in [4.78, 5) is 13.1. The van der Waals surface area contributed by atoms with Gasteiger partial charge in [0.25, 0.3) is 5.91 Å². The molecule has 0 aromatic heterocycles. The van der Waals surface area contributed by atoms with E-state index in [9.17, 15) is 4.79 Å². The smallest absolute Gasteiger partial charge is 0.251 e. The minimum absolute atomic E-state index is 0.159. The zero-order valence-corrected chi connectivity index (χ0v) is 15.5. The molecule has 3 heteroatoms. The van der Waals surface area contributed by atoms with Gasteiger partial charge in [-0.1, -0.05) is 28.1 Å². The first kappa shape index (κ1) is 15.2. The predicted octanol–water partition coefficient (Wildman–Crippen LogP) is 4.72. The van der Waals surface area contributed by atoms with E-state index >= 15 is 0 Å². The lowest BCUT2D eigenvalue weighted by Crippen LogP contribution is -2.56. The topological polar surface area (TPSA) is 29.1 Å². The van der Waals surface area contributed by atoms with Crippen LogP contribution < -0.4 is 5.32 Å². The van der Waals surface area contributed by atoms with Gasteiger partial charge in [0.15, 0.2) is 0 Å². The lowest BCUT2D eigenvalue weighted by Gasteiger charge is -2.54. The molecule has 2 nitrogen and oxygen atoms in total. The normalized spacial score (nSPS) is 36.2. The molecule has 24 heavy (non-hydrogen) atoms. The van der Waals surface area contributed by atoms with Gasteiger partial charge in [-0.25, -0.2) is 0 Å². The van der Waals surface area contributed by atoms with Crippen LogP contribution in [0, 0.1) is 23.7 Å². The standard InChI is InChI=1S/C21H24BrNO/c22-17-5-4-14-2-1-3-18(19(14)11-17)21(24)23-20-15-7-12-6-13(9-15)10-16(20)8-12/h3-5,11-13,15-16,20H,1-2,6-10H2,(H,23,24). The highest BCUT2D eigenvalue weighted by Crippen LogP contribution is 2.53. The van der Waals surface area contributed by atoms with Crippen molar-refractivity contribution in [3.63, 3.8) is 0 Å². The molecule has 1 N–H and O–H groups in total. The van der Waals surface area contributed by atoms with Crippen molar-refractivity contribution in [1.82, 2.24) is 5.32 Å². The van der Waals surface area contributed by atoms with E-state index in [2.05, 4.69) is 45.5 Å². The van der Waals surface area contributed by atoms with Gasteiger partial charge in [-0.3, -0.25) is 4.79 Å². The van der Waals surface area contributed by atoms with E-state index in [1.165, 1.54) is 37.7 Å². The summed E-state index contributed by atoms with van der Waals surface area (Å²) in [5.74, 6) is 3.52. The Morgan fingerprint density at radius 1 is 1.04 bits per heavy atom. The maximum Gasteiger partial charge on any atom is 0.251 e. The van der Waals surface area contributed by atoms with Gasteiger partial charge >= 0.3 is 0 Å². The molecule has 0 heterocycles. The fourth-order valence-corrected chi connectivity index (χ4v) is 6.47. The second kappa shape index (κ2) is 5.72. The number of nitrogens with one attached hydrogen (secondary N) is 1. The summed E-state index contributed by atoms with van der Waals surface area (Å²) in [7, 11) is 0. The summed E-state index contributed by atoms with van der Waals surface area (Å²) in [6, 6.07) is 6.76. The number of carbonyl (C=O) groups excluding carboxylic acids is 1. The van der Waals surface area contributed by atoms with Crippen molar-refractivity contribution in [3.8, 4) is 0 Å². The van der Waals surface area contributed by atoms with Crippen LogP contribution in [0.3, 0.4) is 0 Å². The van der Waals surface area contributed by atoms with Crippen molar-refractivity contribution in [2.75, 3.05) is 0 Å². The van der Waals surface area contributed by atoms with E-state index < -0.39 is 0 Å². The maximum atomic E-state index is 13.1. The number of hydrogen-bond donors (Lipinski definition) is 1. The number of halogens is 1. The minimum atomic E-state index is 0.159. The van der Waals surface area contributed by atoms with Gasteiger partial charge in [0, 0.05) is 16.1 Å². The monoisotopic (exact) mass is 385 g/mol. The van der Waals surface area contributed by atoms with Gasteiger partial charge < -0.3 is 5.32 Å². The zero-order chi connectivity index (χ0) is 16.3. The quantitative estimate of drug-likeness (QED) is 0.783. The number of amides is 1. The van der Waals surface area contributed by atoms with Crippen LogP contribution in [0.25, 0.3) is 5.57 Å². The third-order valence-corrected chi connectivity index (χ3v) is 7.39. The number of allylic oxidation sites excluding steroid dienone is 1. The highest BCUT2D eigenvalue weighted by atomic mass is 79.9. The van der Waals surface area contributed by atoms with Crippen LogP contribution >= 0.6 is 15.9 Å². The third kappa shape index (κ3) is 2.47. The molecule has 1 aromatic carbocycles.